The molecule has 22 heavy (non-hydrogen) atoms. The molecule has 1 amide bonds. The Bertz CT molecular complexity index is 516. The third-order valence-electron chi connectivity index (χ3n) is 4.12. The minimum atomic E-state index is -0.0499. The number of ether oxygens (including phenoxy) is 2. The quantitative estimate of drug-likeness (QED) is 0.874. The van der Waals surface area contributed by atoms with Gasteiger partial charge in [-0.1, -0.05) is 0 Å². The number of fused-ring (bicyclic) bond motifs is 1. The highest BCUT2D eigenvalue weighted by atomic mass is 35.5. The molecule has 1 heterocycles. The van der Waals surface area contributed by atoms with Crippen LogP contribution in [0.5, 0.6) is 11.5 Å². The number of halogens is 1. The summed E-state index contributed by atoms with van der Waals surface area (Å²) >= 11 is 0. The van der Waals surface area contributed by atoms with E-state index in [0.29, 0.717) is 30.3 Å². The Morgan fingerprint density at radius 1 is 1.09 bits per heavy atom. The second kappa shape index (κ2) is 7.70. The fourth-order valence-electron chi connectivity index (χ4n) is 2.84. The summed E-state index contributed by atoms with van der Waals surface area (Å²) in [5.41, 5.74) is 6.51. The van der Waals surface area contributed by atoms with Gasteiger partial charge < -0.3 is 20.5 Å². The summed E-state index contributed by atoms with van der Waals surface area (Å²) in [6.45, 7) is 1.28. The number of hydrogen-bond acceptors (Lipinski definition) is 4. The van der Waals surface area contributed by atoms with Crippen LogP contribution in [0.4, 0.5) is 0 Å². The topological polar surface area (TPSA) is 73.6 Å². The van der Waals surface area contributed by atoms with Crippen LogP contribution in [0, 0.1) is 0 Å². The molecule has 5 nitrogen and oxygen atoms in total. The van der Waals surface area contributed by atoms with Gasteiger partial charge >= 0.3 is 0 Å². The van der Waals surface area contributed by atoms with Crippen LogP contribution in [0.3, 0.4) is 0 Å². The minimum absolute atomic E-state index is 0. The molecule has 2 aliphatic rings. The Balaban J connectivity index is 0.00000176. The van der Waals surface area contributed by atoms with E-state index in [2.05, 4.69) is 5.32 Å². The van der Waals surface area contributed by atoms with E-state index in [-0.39, 0.29) is 30.4 Å². The summed E-state index contributed by atoms with van der Waals surface area (Å²) in [7, 11) is 0. The SMILES string of the molecule is Cl.NC1CCC(NC(=O)c2ccc3c(c2)OCCCO3)CC1. The normalized spacial score (nSPS) is 23.9. The molecule has 0 bridgehead atoms. The number of amides is 1. The number of nitrogens with one attached hydrogen (secondary N) is 1. The molecule has 1 aliphatic heterocycles. The standard InChI is InChI=1S/C16H22N2O3.ClH/c17-12-3-5-13(6-4-12)18-16(19)11-2-7-14-15(10-11)21-9-1-8-20-14;/h2,7,10,12-13H,1,3-6,8-9,17H2,(H,18,19);1H. The van der Waals surface area contributed by atoms with Crippen LogP contribution < -0.4 is 20.5 Å². The summed E-state index contributed by atoms with van der Waals surface area (Å²) in [5, 5.41) is 3.09. The molecule has 0 atom stereocenters. The van der Waals surface area contributed by atoms with Gasteiger partial charge in [-0.05, 0) is 43.9 Å². The highest BCUT2D eigenvalue weighted by Gasteiger charge is 2.21. The predicted molar refractivity (Wildman–Crippen MR) is 87.0 cm³/mol. The minimum Gasteiger partial charge on any atom is -0.490 e. The van der Waals surface area contributed by atoms with E-state index in [1.54, 1.807) is 12.1 Å². The Hall–Kier alpha value is -1.46. The zero-order chi connectivity index (χ0) is 14.7. The average Bonchev–Trinajstić information content (AvgIpc) is 2.74. The lowest BCUT2D eigenvalue weighted by Crippen LogP contribution is -2.40. The maximum Gasteiger partial charge on any atom is 0.251 e. The second-order valence-corrected chi connectivity index (χ2v) is 5.80. The average molecular weight is 327 g/mol. The molecular weight excluding hydrogens is 304 g/mol. The van der Waals surface area contributed by atoms with E-state index in [4.69, 9.17) is 15.2 Å². The van der Waals surface area contributed by atoms with Gasteiger partial charge in [0.15, 0.2) is 11.5 Å². The van der Waals surface area contributed by atoms with E-state index >= 15 is 0 Å². The fraction of sp³-hybridized carbons (Fsp3) is 0.562. The van der Waals surface area contributed by atoms with Crippen molar-refractivity contribution in [2.45, 2.75) is 44.2 Å². The number of hydrogen-bond donors (Lipinski definition) is 2. The number of carbonyl (C=O) groups excluding carboxylic acids is 1. The largest absolute Gasteiger partial charge is 0.490 e. The third kappa shape index (κ3) is 4.05. The Kier molecular flexibility index (Phi) is 5.91. The highest BCUT2D eigenvalue weighted by Crippen LogP contribution is 2.30. The molecule has 0 aromatic heterocycles. The molecule has 0 spiro atoms. The van der Waals surface area contributed by atoms with Gasteiger partial charge in [-0.2, -0.15) is 0 Å². The molecule has 0 unspecified atom stereocenters. The van der Waals surface area contributed by atoms with Crippen molar-refractivity contribution in [2.24, 2.45) is 5.73 Å². The van der Waals surface area contributed by atoms with Crippen molar-refractivity contribution >= 4 is 18.3 Å². The molecule has 3 rings (SSSR count). The van der Waals surface area contributed by atoms with E-state index < -0.39 is 0 Å². The molecule has 1 aromatic carbocycles. The van der Waals surface area contributed by atoms with E-state index in [1.807, 2.05) is 6.07 Å². The molecule has 6 heteroatoms. The highest BCUT2D eigenvalue weighted by molar-refractivity contribution is 5.95. The molecule has 0 radical (unpaired) electrons. The lowest BCUT2D eigenvalue weighted by Gasteiger charge is -2.26. The van der Waals surface area contributed by atoms with E-state index in [0.717, 1.165) is 32.1 Å². The molecule has 0 saturated heterocycles. The monoisotopic (exact) mass is 326 g/mol. The van der Waals surface area contributed by atoms with Crippen molar-refractivity contribution in [3.05, 3.63) is 23.8 Å². The van der Waals surface area contributed by atoms with E-state index in [9.17, 15) is 4.79 Å². The number of benzene rings is 1. The lowest BCUT2D eigenvalue weighted by atomic mass is 9.91. The molecular formula is C16H23ClN2O3. The van der Waals surface area contributed by atoms with Gasteiger partial charge in [-0.25, -0.2) is 0 Å². The molecule has 1 fully saturated rings. The van der Waals surface area contributed by atoms with Crippen molar-refractivity contribution in [3.63, 3.8) is 0 Å². The summed E-state index contributed by atoms with van der Waals surface area (Å²) < 4.78 is 11.2. The van der Waals surface area contributed by atoms with Crippen LogP contribution in [-0.4, -0.2) is 31.2 Å². The Morgan fingerprint density at radius 3 is 2.50 bits per heavy atom. The van der Waals surface area contributed by atoms with Crippen molar-refractivity contribution in [2.75, 3.05) is 13.2 Å². The van der Waals surface area contributed by atoms with Gasteiger partial charge in [-0.3, -0.25) is 4.79 Å². The van der Waals surface area contributed by atoms with Crippen LogP contribution in [0.1, 0.15) is 42.5 Å². The van der Waals surface area contributed by atoms with Crippen molar-refractivity contribution in [1.82, 2.24) is 5.32 Å². The fourth-order valence-corrected chi connectivity index (χ4v) is 2.84. The van der Waals surface area contributed by atoms with Crippen LogP contribution in [0.2, 0.25) is 0 Å². The first-order valence-corrected chi connectivity index (χ1v) is 7.68. The van der Waals surface area contributed by atoms with E-state index in [1.165, 1.54) is 0 Å². The first-order chi connectivity index (χ1) is 10.2. The zero-order valence-electron chi connectivity index (χ0n) is 12.5. The Morgan fingerprint density at radius 2 is 1.77 bits per heavy atom. The van der Waals surface area contributed by atoms with Crippen molar-refractivity contribution in [1.29, 1.82) is 0 Å². The number of carbonyl (C=O) groups is 1. The van der Waals surface area contributed by atoms with Gasteiger partial charge in [0.1, 0.15) is 0 Å². The van der Waals surface area contributed by atoms with Crippen LogP contribution in [0.15, 0.2) is 18.2 Å². The van der Waals surface area contributed by atoms with Gasteiger partial charge in [0.05, 0.1) is 13.2 Å². The maximum absolute atomic E-state index is 12.3. The van der Waals surface area contributed by atoms with Crippen LogP contribution in [0.25, 0.3) is 0 Å². The molecule has 122 valence electrons. The smallest absolute Gasteiger partial charge is 0.251 e. The van der Waals surface area contributed by atoms with Gasteiger partial charge in [0, 0.05) is 24.1 Å². The first-order valence-electron chi connectivity index (χ1n) is 7.68. The summed E-state index contributed by atoms with van der Waals surface area (Å²) in [6, 6.07) is 5.89. The summed E-state index contributed by atoms with van der Waals surface area (Å²) in [5.74, 6) is 1.32. The molecule has 1 saturated carbocycles. The molecule has 1 aromatic rings. The van der Waals surface area contributed by atoms with Crippen LogP contribution >= 0.6 is 12.4 Å². The predicted octanol–water partition coefficient (Wildman–Crippen LogP) is 2.27. The number of rotatable bonds is 2. The number of nitrogens with two attached hydrogens (primary N) is 1. The third-order valence-corrected chi connectivity index (χ3v) is 4.12. The summed E-state index contributed by atoms with van der Waals surface area (Å²) in [6.07, 6.45) is 4.73. The van der Waals surface area contributed by atoms with Gasteiger partial charge in [0.2, 0.25) is 0 Å². The first kappa shape index (κ1) is 16.9. The maximum atomic E-state index is 12.3. The molecule has 1 aliphatic carbocycles. The zero-order valence-corrected chi connectivity index (χ0v) is 13.4. The Labute approximate surface area is 137 Å². The van der Waals surface area contributed by atoms with Crippen molar-refractivity contribution < 1.29 is 14.3 Å². The van der Waals surface area contributed by atoms with Gasteiger partial charge in [-0.15, -0.1) is 12.4 Å². The van der Waals surface area contributed by atoms with Gasteiger partial charge in [0.25, 0.3) is 5.91 Å². The lowest BCUT2D eigenvalue weighted by molar-refractivity contribution is 0.0925. The second-order valence-electron chi connectivity index (χ2n) is 5.80. The van der Waals surface area contributed by atoms with Crippen LogP contribution in [-0.2, 0) is 0 Å². The summed E-state index contributed by atoms with van der Waals surface area (Å²) in [4.78, 5) is 12.3. The van der Waals surface area contributed by atoms with Crippen molar-refractivity contribution in [3.8, 4) is 11.5 Å². The molecule has 3 N–H and O–H groups in total.